The molecule has 1 saturated carbocycles. The lowest BCUT2D eigenvalue weighted by molar-refractivity contribution is 0.210. The van der Waals surface area contributed by atoms with Crippen LogP contribution < -0.4 is 5.73 Å². The minimum atomic E-state index is 0.267. The summed E-state index contributed by atoms with van der Waals surface area (Å²) >= 11 is 0. The minimum absolute atomic E-state index is 0.267. The molecule has 1 aliphatic carbocycles. The summed E-state index contributed by atoms with van der Waals surface area (Å²) in [5, 5.41) is 16.6. The number of hydrogen-bond acceptors (Lipinski definition) is 4. The average Bonchev–Trinajstić information content (AvgIpc) is 3.16. The second-order valence-electron chi connectivity index (χ2n) is 5.98. The van der Waals surface area contributed by atoms with Crippen LogP contribution in [-0.2, 0) is 6.54 Å². The Morgan fingerprint density at radius 2 is 2.29 bits per heavy atom. The molecule has 1 aromatic rings. The van der Waals surface area contributed by atoms with E-state index in [1.807, 2.05) is 10.9 Å². The van der Waals surface area contributed by atoms with Gasteiger partial charge in [-0.25, -0.2) is 0 Å². The highest BCUT2D eigenvalue weighted by molar-refractivity contribution is 5.81. The van der Waals surface area contributed by atoms with Crippen molar-refractivity contribution in [3.63, 3.8) is 0 Å². The molecule has 0 aromatic carbocycles. The third-order valence-electron chi connectivity index (χ3n) is 4.41. The molecule has 1 atom stereocenters. The maximum atomic E-state index is 8.82. The van der Waals surface area contributed by atoms with Gasteiger partial charge in [0, 0.05) is 24.8 Å². The fraction of sp³-hybridized carbons (Fsp3) is 0.733. The molecule has 3 N–H and O–H groups in total. The summed E-state index contributed by atoms with van der Waals surface area (Å²) in [7, 11) is 0. The third-order valence-corrected chi connectivity index (χ3v) is 4.41. The van der Waals surface area contributed by atoms with Crippen LogP contribution in [0.4, 0.5) is 0 Å². The van der Waals surface area contributed by atoms with Gasteiger partial charge in [-0.2, -0.15) is 5.10 Å². The summed E-state index contributed by atoms with van der Waals surface area (Å²) in [6, 6.07) is 3.00. The van der Waals surface area contributed by atoms with Crippen molar-refractivity contribution < 1.29 is 5.21 Å². The first-order valence-corrected chi connectivity index (χ1v) is 7.88. The van der Waals surface area contributed by atoms with Crippen molar-refractivity contribution in [3.05, 3.63) is 18.0 Å². The number of nitrogens with two attached hydrogens (primary N) is 1. The Bertz CT molecular complexity index is 464. The number of rotatable bonds is 7. The Morgan fingerprint density at radius 1 is 1.57 bits per heavy atom. The maximum Gasteiger partial charge on any atom is 0.153 e. The predicted molar refractivity (Wildman–Crippen MR) is 83.3 cm³/mol. The molecule has 6 nitrogen and oxygen atoms in total. The van der Waals surface area contributed by atoms with Gasteiger partial charge in [0.05, 0.1) is 12.2 Å². The third kappa shape index (κ3) is 4.20. The second-order valence-corrected chi connectivity index (χ2v) is 5.98. The molecule has 21 heavy (non-hydrogen) atoms. The fourth-order valence-corrected chi connectivity index (χ4v) is 2.93. The molecule has 0 bridgehead atoms. The molecule has 0 radical (unpaired) electrons. The van der Waals surface area contributed by atoms with Crippen LogP contribution in [0, 0.1) is 0 Å². The van der Waals surface area contributed by atoms with Gasteiger partial charge in [0.15, 0.2) is 5.84 Å². The molecular formula is C15H27N5O. The summed E-state index contributed by atoms with van der Waals surface area (Å²) in [5.41, 5.74) is 6.75. The van der Waals surface area contributed by atoms with Gasteiger partial charge in [-0.15, -0.1) is 0 Å². The van der Waals surface area contributed by atoms with Gasteiger partial charge in [-0.05, 0) is 32.3 Å². The largest absolute Gasteiger partial charge is 0.409 e. The highest BCUT2D eigenvalue weighted by Crippen LogP contribution is 2.24. The van der Waals surface area contributed by atoms with Crippen LogP contribution in [-0.4, -0.2) is 38.3 Å². The van der Waals surface area contributed by atoms with Gasteiger partial charge in [0.1, 0.15) is 0 Å². The first kappa shape index (κ1) is 15.8. The Hall–Kier alpha value is -1.56. The monoisotopic (exact) mass is 293 g/mol. The molecule has 0 amide bonds. The lowest BCUT2D eigenvalue weighted by atomic mass is 10.2. The first-order chi connectivity index (χ1) is 10.1. The van der Waals surface area contributed by atoms with Crippen LogP contribution in [0.5, 0.6) is 0 Å². The fourth-order valence-electron chi connectivity index (χ4n) is 2.93. The number of hydrogen-bond donors (Lipinski definition) is 2. The zero-order chi connectivity index (χ0) is 15.2. The summed E-state index contributed by atoms with van der Waals surface area (Å²) in [4.78, 5) is 2.28. The average molecular weight is 293 g/mol. The van der Waals surface area contributed by atoms with Crippen molar-refractivity contribution in [1.29, 1.82) is 0 Å². The van der Waals surface area contributed by atoms with E-state index in [0.717, 1.165) is 18.7 Å². The van der Waals surface area contributed by atoms with E-state index in [1.54, 1.807) is 0 Å². The Balaban J connectivity index is 2.05. The van der Waals surface area contributed by atoms with Crippen molar-refractivity contribution in [3.8, 4) is 0 Å². The van der Waals surface area contributed by atoms with Crippen LogP contribution in [0.3, 0.4) is 0 Å². The first-order valence-electron chi connectivity index (χ1n) is 7.88. The Kier molecular flexibility index (Phi) is 5.61. The highest BCUT2D eigenvalue weighted by atomic mass is 16.4. The van der Waals surface area contributed by atoms with E-state index in [1.165, 1.54) is 25.7 Å². The molecule has 0 spiro atoms. The van der Waals surface area contributed by atoms with E-state index in [4.69, 9.17) is 10.9 Å². The second kappa shape index (κ2) is 7.45. The van der Waals surface area contributed by atoms with E-state index in [-0.39, 0.29) is 5.84 Å². The zero-order valence-electron chi connectivity index (χ0n) is 13.1. The van der Waals surface area contributed by atoms with Gasteiger partial charge < -0.3 is 10.9 Å². The minimum Gasteiger partial charge on any atom is -0.409 e. The van der Waals surface area contributed by atoms with E-state index in [0.29, 0.717) is 18.6 Å². The molecule has 6 heteroatoms. The van der Waals surface area contributed by atoms with Gasteiger partial charge in [0.2, 0.25) is 0 Å². The predicted octanol–water partition coefficient (Wildman–Crippen LogP) is 2.35. The summed E-state index contributed by atoms with van der Waals surface area (Å²) in [5.74, 6) is 0.267. The molecule has 1 aliphatic rings. The van der Waals surface area contributed by atoms with E-state index in [2.05, 4.69) is 35.1 Å². The lowest BCUT2D eigenvalue weighted by Gasteiger charge is -2.27. The number of oxime groups is 1. The van der Waals surface area contributed by atoms with Crippen LogP contribution in [0.25, 0.3) is 0 Å². The summed E-state index contributed by atoms with van der Waals surface area (Å²) in [6.07, 6.45) is 8.00. The quantitative estimate of drug-likeness (QED) is 0.350. The maximum absolute atomic E-state index is 8.82. The molecule has 1 unspecified atom stereocenters. The van der Waals surface area contributed by atoms with Crippen molar-refractivity contribution >= 4 is 5.84 Å². The topological polar surface area (TPSA) is 79.7 Å². The Morgan fingerprint density at radius 3 is 2.90 bits per heavy atom. The highest BCUT2D eigenvalue weighted by Gasteiger charge is 2.24. The summed E-state index contributed by atoms with van der Waals surface area (Å²) < 4.78 is 2.02. The van der Waals surface area contributed by atoms with Crippen LogP contribution in [0.1, 0.15) is 57.7 Å². The molecule has 0 saturated heterocycles. The zero-order valence-corrected chi connectivity index (χ0v) is 13.1. The Labute approximate surface area is 126 Å². The van der Waals surface area contributed by atoms with Crippen LogP contribution in [0.2, 0.25) is 0 Å². The SMILES string of the molecule is CCC(C)n1ccc(CN(CC(N)=NO)C2CCCC2)n1. The lowest BCUT2D eigenvalue weighted by Crippen LogP contribution is -2.39. The van der Waals surface area contributed by atoms with Crippen molar-refractivity contribution in [2.24, 2.45) is 10.9 Å². The van der Waals surface area contributed by atoms with Crippen LogP contribution in [0.15, 0.2) is 17.4 Å². The van der Waals surface area contributed by atoms with Gasteiger partial charge in [-0.1, -0.05) is 24.9 Å². The molecule has 0 aliphatic heterocycles. The van der Waals surface area contributed by atoms with Gasteiger partial charge >= 0.3 is 0 Å². The van der Waals surface area contributed by atoms with Crippen LogP contribution >= 0.6 is 0 Å². The smallest absolute Gasteiger partial charge is 0.153 e. The molecule has 1 heterocycles. The number of amidine groups is 1. The standard InChI is InChI=1S/C15H27N5O/c1-3-12(2)20-9-8-13(17-20)10-19(11-15(16)18-21)14-6-4-5-7-14/h8-9,12,14,21H,3-7,10-11H2,1-2H3,(H2,16,18). The van der Waals surface area contributed by atoms with E-state index in [9.17, 15) is 0 Å². The molecule has 1 fully saturated rings. The van der Waals surface area contributed by atoms with E-state index >= 15 is 0 Å². The molecule has 2 rings (SSSR count). The molecular weight excluding hydrogens is 266 g/mol. The number of aromatic nitrogens is 2. The normalized spacial score (nSPS) is 18.5. The van der Waals surface area contributed by atoms with Crippen molar-refractivity contribution in [2.75, 3.05) is 6.54 Å². The van der Waals surface area contributed by atoms with Gasteiger partial charge in [0.25, 0.3) is 0 Å². The van der Waals surface area contributed by atoms with Crippen molar-refractivity contribution in [2.45, 2.75) is 64.6 Å². The number of nitrogens with zero attached hydrogens (tertiary/aromatic N) is 4. The molecule has 118 valence electrons. The summed E-state index contributed by atoms with van der Waals surface area (Å²) in [6.45, 7) is 5.58. The van der Waals surface area contributed by atoms with Crippen molar-refractivity contribution in [1.82, 2.24) is 14.7 Å². The molecule has 1 aromatic heterocycles. The van der Waals surface area contributed by atoms with Gasteiger partial charge in [-0.3, -0.25) is 9.58 Å². The van der Waals surface area contributed by atoms with E-state index < -0.39 is 0 Å².